The average molecular weight is 371 g/mol. The van der Waals surface area contributed by atoms with E-state index in [2.05, 4.69) is 10.2 Å². The largest absolute Gasteiger partial charge is 0.372 e. The first-order valence-corrected chi connectivity index (χ1v) is 10.6. The van der Waals surface area contributed by atoms with Crippen molar-refractivity contribution in [2.75, 3.05) is 29.5 Å². The third-order valence-corrected chi connectivity index (χ3v) is 7.07. The van der Waals surface area contributed by atoms with Gasteiger partial charge in [0.15, 0.2) is 9.84 Å². The van der Waals surface area contributed by atoms with Gasteiger partial charge in [-0.3, -0.25) is 4.79 Å². The van der Waals surface area contributed by atoms with Gasteiger partial charge in [0.2, 0.25) is 0 Å². The number of halogens is 1. The highest BCUT2D eigenvalue weighted by Gasteiger charge is 2.39. The molecule has 1 atom stereocenters. The molecule has 3 rings (SSSR count). The summed E-state index contributed by atoms with van der Waals surface area (Å²) in [6.45, 7) is 3.75. The van der Waals surface area contributed by atoms with Crippen LogP contribution in [-0.2, 0) is 9.84 Å². The maximum absolute atomic E-state index is 12.7. The van der Waals surface area contributed by atoms with E-state index in [-0.39, 0.29) is 17.4 Å². The molecule has 2 aliphatic rings. The highest BCUT2D eigenvalue weighted by atomic mass is 35.5. The molecule has 7 heteroatoms. The highest BCUT2D eigenvalue weighted by molar-refractivity contribution is 7.91. The number of piperidine rings is 1. The zero-order valence-electron chi connectivity index (χ0n) is 13.8. The third kappa shape index (κ3) is 3.86. The number of nitrogens with zero attached hydrogens (tertiary/aromatic N) is 1. The summed E-state index contributed by atoms with van der Waals surface area (Å²) in [5.74, 6) is -0.209. The maximum atomic E-state index is 12.7. The van der Waals surface area contributed by atoms with Crippen molar-refractivity contribution in [2.24, 2.45) is 0 Å². The van der Waals surface area contributed by atoms with Gasteiger partial charge in [0.05, 0.1) is 27.6 Å². The second-order valence-electron chi connectivity index (χ2n) is 7.07. The van der Waals surface area contributed by atoms with E-state index in [9.17, 15) is 13.2 Å². The molecule has 132 valence electrons. The summed E-state index contributed by atoms with van der Waals surface area (Å²) in [4.78, 5) is 14.9. The predicted molar refractivity (Wildman–Crippen MR) is 96.7 cm³/mol. The topological polar surface area (TPSA) is 66.5 Å². The minimum absolute atomic E-state index is 0.0187. The SMILES string of the molecule is CC1(NC(=O)c2cc(N3CCCCC3)ccc2Cl)CCS(=O)(=O)C1. The fraction of sp³-hybridized carbons (Fsp3) is 0.588. The molecule has 1 aromatic carbocycles. The van der Waals surface area contributed by atoms with Crippen LogP contribution in [0.15, 0.2) is 18.2 Å². The number of carbonyl (C=O) groups excluding carboxylic acids is 1. The van der Waals surface area contributed by atoms with E-state index in [1.165, 1.54) is 6.42 Å². The Balaban J connectivity index is 1.79. The molecule has 2 fully saturated rings. The monoisotopic (exact) mass is 370 g/mol. The Hall–Kier alpha value is -1.27. The van der Waals surface area contributed by atoms with E-state index >= 15 is 0 Å². The van der Waals surface area contributed by atoms with Crippen molar-refractivity contribution in [3.63, 3.8) is 0 Å². The fourth-order valence-electron chi connectivity index (χ4n) is 3.49. The van der Waals surface area contributed by atoms with E-state index < -0.39 is 15.4 Å². The molecule has 1 aromatic rings. The van der Waals surface area contributed by atoms with Crippen LogP contribution < -0.4 is 10.2 Å². The van der Waals surface area contributed by atoms with Crippen LogP contribution in [0.3, 0.4) is 0 Å². The lowest BCUT2D eigenvalue weighted by atomic mass is 10.0. The Morgan fingerprint density at radius 3 is 2.58 bits per heavy atom. The first kappa shape index (κ1) is 17.5. The van der Waals surface area contributed by atoms with Gasteiger partial charge >= 0.3 is 0 Å². The smallest absolute Gasteiger partial charge is 0.253 e. The van der Waals surface area contributed by atoms with E-state index in [0.29, 0.717) is 17.0 Å². The number of hydrogen-bond acceptors (Lipinski definition) is 4. The second kappa shape index (κ2) is 6.56. The molecule has 1 amide bonds. The number of anilines is 1. The molecular weight excluding hydrogens is 348 g/mol. The molecule has 2 heterocycles. The zero-order chi connectivity index (χ0) is 17.4. The Morgan fingerprint density at radius 2 is 1.96 bits per heavy atom. The van der Waals surface area contributed by atoms with E-state index in [1.54, 1.807) is 13.0 Å². The van der Waals surface area contributed by atoms with Gasteiger partial charge in [-0.1, -0.05) is 11.6 Å². The highest BCUT2D eigenvalue weighted by Crippen LogP contribution is 2.28. The summed E-state index contributed by atoms with van der Waals surface area (Å²) in [7, 11) is -3.07. The van der Waals surface area contributed by atoms with Crippen molar-refractivity contribution in [3.8, 4) is 0 Å². The molecule has 24 heavy (non-hydrogen) atoms. The average Bonchev–Trinajstić information content (AvgIpc) is 2.81. The number of carbonyl (C=O) groups is 1. The van der Waals surface area contributed by atoms with Crippen molar-refractivity contribution < 1.29 is 13.2 Å². The summed E-state index contributed by atoms with van der Waals surface area (Å²) in [5.41, 5.74) is 0.680. The Kier molecular flexibility index (Phi) is 4.80. The minimum atomic E-state index is -3.07. The Labute approximate surface area is 148 Å². The van der Waals surface area contributed by atoms with Crippen LogP contribution >= 0.6 is 11.6 Å². The van der Waals surface area contributed by atoms with Gasteiger partial charge in [0.1, 0.15) is 0 Å². The Bertz CT molecular complexity index is 744. The molecule has 0 radical (unpaired) electrons. The molecule has 0 spiro atoms. The molecule has 1 unspecified atom stereocenters. The van der Waals surface area contributed by atoms with E-state index in [1.807, 2.05) is 12.1 Å². The molecule has 0 bridgehead atoms. The van der Waals surface area contributed by atoms with Crippen LogP contribution in [-0.4, -0.2) is 44.5 Å². The van der Waals surface area contributed by atoms with Gasteiger partial charge in [-0.15, -0.1) is 0 Å². The predicted octanol–water partition coefficient (Wildman–Crippen LogP) is 2.64. The van der Waals surface area contributed by atoms with Gasteiger partial charge in [-0.05, 0) is 50.8 Å². The standard InChI is InChI=1S/C17H23ClN2O3S/c1-17(7-10-24(22,23)12-17)19-16(21)14-11-13(5-6-15(14)18)20-8-3-2-4-9-20/h5-6,11H,2-4,7-10,12H2,1H3,(H,19,21). The van der Waals surface area contributed by atoms with Crippen molar-refractivity contribution in [2.45, 2.75) is 38.1 Å². The molecular formula is C17H23ClN2O3S. The second-order valence-corrected chi connectivity index (χ2v) is 9.66. The lowest BCUT2D eigenvalue weighted by Gasteiger charge is -2.29. The molecule has 2 aliphatic heterocycles. The van der Waals surface area contributed by atoms with E-state index in [4.69, 9.17) is 11.6 Å². The van der Waals surface area contributed by atoms with Crippen LogP contribution in [0.5, 0.6) is 0 Å². The molecule has 0 aromatic heterocycles. The number of sulfone groups is 1. The van der Waals surface area contributed by atoms with Crippen LogP contribution in [0.1, 0.15) is 43.0 Å². The summed E-state index contributed by atoms with van der Waals surface area (Å²) >= 11 is 6.22. The number of amides is 1. The molecule has 1 N–H and O–H groups in total. The fourth-order valence-corrected chi connectivity index (χ4v) is 5.78. The molecule has 0 aliphatic carbocycles. The molecule has 0 saturated carbocycles. The van der Waals surface area contributed by atoms with Gasteiger partial charge < -0.3 is 10.2 Å². The number of nitrogens with one attached hydrogen (secondary N) is 1. The summed E-state index contributed by atoms with van der Waals surface area (Å²) in [5, 5.41) is 3.26. The van der Waals surface area contributed by atoms with Gasteiger partial charge in [0, 0.05) is 18.8 Å². The van der Waals surface area contributed by atoms with Crippen molar-refractivity contribution in [1.82, 2.24) is 5.32 Å². The lowest BCUT2D eigenvalue weighted by molar-refractivity contribution is 0.0915. The first-order valence-electron chi connectivity index (χ1n) is 8.35. The third-order valence-electron chi connectivity index (χ3n) is 4.83. The quantitative estimate of drug-likeness (QED) is 0.888. The summed E-state index contributed by atoms with van der Waals surface area (Å²) < 4.78 is 23.4. The number of benzene rings is 1. The van der Waals surface area contributed by atoms with Crippen LogP contribution in [0, 0.1) is 0 Å². The molecule has 5 nitrogen and oxygen atoms in total. The summed E-state index contributed by atoms with van der Waals surface area (Å²) in [6, 6.07) is 5.50. The summed E-state index contributed by atoms with van der Waals surface area (Å²) in [6.07, 6.45) is 3.98. The van der Waals surface area contributed by atoms with Crippen LogP contribution in [0.2, 0.25) is 5.02 Å². The Morgan fingerprint density at radius 1 is 1.25 bits per heavy atom. The van der Waals surface area contributed by atoms with Crippen molar-refractivity contribution in [3.05, 3.63) is 28.8 Å². The van der Waals surface area contributed by atoms with Gasteiger partial charge in [0.25, 0.3) is 5.91 Å². The van der Waals surface area contributed by atoms with Crippen LogP contribution in [0.25, 0.3) is 0 Å². The van der Waals surface area contributed by atoms with E-state index in [0.717, 1.165) is 31.6 Å². The number of rotatable bonds is 3. The van der Waals surface area contributed by atoms with Crippen LogP contribution in [0.4, 0.5) is 5.69 Å². The van der Waals surface area contributed by atoms with Crippen molar-refractivity contribution >= 4 is 33.0 Å². The first-order chi connectivity index (χ1) is 11.3. The maximum Gasteiger partial charge on any atom is 0.253 e. The zero-order valence-corrected chi connectivity index (χ0v) is 15.4. The van der Waals surface area contributed by atoms with Gasteiger partial charge in [-0.25, -0.2) is 8.42 Å². The minimum Gasteiger partial charge on any atom is -0.372 e. The lowest BCUT2D eigenvalue weighted by Crippen LogP contribution is -2.47. The normalized spacial score (nSPS) is 26.3. The van der Waals surface area contributed by atoms with Gasteiger partial charge in [-0.2, -0.15) is 0 Å². The van der Waals surface area contributed by atoms with Crippen molar-refractivity contribution in [1.29, 1.82) is 0 Å². The number of hydrogen-bond donors (Lipinski definition) is 1. The molecule has 2 saturated heterocycles.